The number of carbonyl (C=O) groups excluding carboxylic acids is 1. The van der Waals surface area contributed by atoms with E-state index in [1.54, 1.807) is 0 Å². The summed E-state index contributed by atoms with van der Waals surface area (Å²) in [6.07, 6.45) is 0.539. The number of nitrogens with two attached hydrogens (primary N) is 1. The second-order valence-electron chi connectivity index (χ2n) is 8.02. The second kappa shape index (κ2) is 7.40. The third kappa shape index (κ3) is 3.58. The van der Waals surface area contributed by atoms with Crippen LogP contribution < -0.4 is 11.1 Å². The van der Waals surface area contributed by atoms with Gasteiger partial charge in [0.1, 0.15) is 11.3 Å². The molecule has 1 amide bonds. The molecule has 7 heteroatoms. The standard InChI is InChI=1S/C23H24FN5O/c1-4-29-18(13-23(2,3)27-22(30)14-9-11-15(24)12-10-14)19-16-7-5-6-8-17(16)26-21(25)20(19)28-29/h5-12H,4,13H2,1-3H3,(H2,25,26)(H,27,30). The molecule has 0 aliphatic carbocycles. The van der Waals surface area contributed by atoms with Gasteiger partial charge in [-0.25, -0.2) is 9.37 Å². The fourth-order valence-electron chi connectivity index (χ4n) is 3.81. The van der Waals surface area contributed by atoms with E-state index < -0.39 is 5.54 Å². The zero-order chi connectivity index (χ0) is 21.5. The van der Waals surface area contributed by atoms with Crippen LogP contribution in [-0.2, 0) is 13.0 Å². The summed E-state index contributed by atoms with van der Waals surface area (Å²) >= 11 is 0. The number of benzene rings is 2. The summed E-state index contributed by atoms with van der Waals surface area (Å²) in [7, 11) is 0. The van der Waals surface area contributed by atoms with Crippen molar-refractivity contribution in [3.63, 3.8) is 0 Å². The normalized spacial score (nSPS) is 11.9. The first-order valence-electron chi connectivity index (χ1n) is 9.91. The molecule has 0 aliphatic rings. The number of hydrogen-bond acceptors (Lipinski definition) is 4. The average molecular weight is 405 g/mol. The van der Waals surface area contributed by atoms with Crippen LogP contribution >= 0.6 is 0 Å². The molecule has 0 fully saturated rings. The van der Waals surface area contributed by atoms with Gasteiger partial charge in [-0.15, -0.1) is 0 Å². The molecule has 154 valence electrons. The number of fused-ring (bicyclic) bond motifs is 3. The molecule has 4 aromatic rings. The van der Waals surface area contributed by atoms with E-state index in [9.17, 15) is 9.18 Å². The summed E-state index contributed by atoms with van der Waals surface area (Å²) in [5.74, 6) is -0.231. The van der Waals surface area contributed by atoms with Crippen molar-refractivity contribution in [3.8, 4) is 0 Å². The van der Waals surface area contributed by atoms with Gasteiger partial charge in [0, 0.05) is 40.5 Å². The van der Waals surface area contributed by atoms with Gasteiger partial charge in [-0.2, -0.15) is 5.10 Å². The number of nitrogens with zero attached hydrogens (tertiary/aromatic N) is 3. The van der Waals surface area contributed by atoms with Gasteiger partial charge in [-0.3, -0.25) is 9.48 Å². The highest BCUT2D eigenvalue weighted by molar-refractivity contribution is 6.09. The van der Waals surface area contributed by atoms with E-state index in [2.05, 4.69) is 15.4 Å². The molecule has 30 heavy (non-hydrogen) atoms. The summed E-state index contributed by atoms with van der Waals surface area (Å²) in [6, 6.07) is 13.4. The number of para-hydroxylation sites is 1. The maximum Gasteiger partial charge on any atom is 0.251 e. The van der Waals surface area contributed by atoms with Crippen LogP contribution in [0.2, 0.25) is 0 Å². The first-order valence-corrected chi connectivity index (χ1v) is 9.91. The Balaban J connectivity index is 1.75. The Morgan fingerprint density at radius 3 is 2.57 bits per heavy atom. The van der Waals surface area contributed by atoms with Crippen LogP contribution in [-0.4, -0.2) is 26.2 Å². The van der Waals surface area contributed by atoms with Gasteiger partial charge < -0.3 is 11.1 Å². The summed E-state index contributed by atoms with van der Waals surface area (Å²) in [6.45, 7) is 6.60. The number of carbonyl (C=O) groups is 1. The highest BCUT2D eigenvalue weighted by atomic mass is 19.1. The smallest absolute Gasteiger partial charge is 0.251 e. The average Bonchev–Trinajstić information content (AvgIpc) is 3.07. The Morgan fingerprint density at radius 2 is 1.87 bits per heavy atom. The minimum Gasteiger partial charge on any atom is -0.382 e. The Bertz CT molecular complexity index is 1240. The molecule has 0 spiro atoms. The highest BCUT2D eigenvalue weighted by Gasteiger charge is 2.27. The second-order valence-corrected chi connectivity index (χ2v) is 8.02. The van der Waals surface area contributed by atoms with Crippen LogP contribution in [0.1, 0.15) is 36.8 Å². The minimum atomic E-state index is -0.579. The number of halogens is 1. The molecular weight excluding hydrogens is 381 g/mol. The predicted octanol–water partition coefficient (Wildman–Crippen LogP) is 4.08. The number of aryl methyl sites for hydroxylation is 1. The lowest BCUT2D eigenvalue weighted by molar-refractivity contribution is 0.0912. The van der Waals surface area contributed by atoms with Crippen molar-refractivity contribution in [3.05, 3.63) is 65.6 Å². The molecule has 0 aliphatic heterocycles. The molecule has 0 saturated carbocycles. The van der Waals surface area contributed by atoms with Crippen LogP contribution in [0.4, 0.5) is 10.2 Å². The number of nitrogens with one attached hydrogen (secondary N) is 1. The largest absolute Gasteiger partial charge is 0.382 e. The van der Waals surface area contributed by atoms with Crippen LogP contribution in [0.15, 0.2) is 48.5 Å². The Morgan fingerprint density at radius 1 is 1.17 bits per heavy atom. The number of pyridine rings is 1. The number of hydrogen-bond donors (Lipinski definition) is 2. The van der Waals surface area contributed by atoms with E-state index in [1.165, 1.54) is 24.3 Å². The van der Waals surface area contributed by atoms with Gasteiger partial charge in [-0.05, 0) is 51.1 Å². The van der Waals surface area contributed by atoms with E-state index in [-0.39, 0.29) is 11.7 Å². The molecule has 4 rings (SSSR count). The number of nitrogen functional groups attached to an aromatic ring is 1. The first kappa shape index (κ1) is 19.8. The Hall–Kier alpha value is -3.48. The molecule has 0 bridgehead atoms. The summed E-state index contributed by atoms with van der Waals surface area (Å²) in [5.41, 5.74) is 8.51. The number of anilines is 1. The number of rotatable bonds is 5. The third-order valence-corrected chi connectivity index (χ3v) is 5.18. The van der Waals surface area contributed by atoms with Gasteiger partial charge in [0.05, 0.1) is 5.52 Å². The van der Waals surface area contributed by atoms with Gasteiger partial charge in [-0.1, -0.05) is 18.2 Å². The van der Waals surface area contributed by atoms with Crippen molar-refractivity contribution in [2.75, 3.05) is 5.73 Å². The molecule has 0 saturated heterocycles. The van der Waals surface area contributed by atoms with Crippen LogP contribution in [0.3, 0.4) is 0 Å². The molecule has 0 unspecified atom stereocenters. The summed E-state index contributed by atoms with van der Waals surface area (Å²) < 4.78 is 15.1. The van der Waals surface area contributed by atoms with Crippen molar-refractivity contribution < 1.29 is 9.18 Å². The molecule has 2 heterocycles. The van der Waals surface area contributed by atoms with E-state index >= 15 is 0 Å². The zero-order valence-corrected chi connectivity index (χ0v) is 17.2. The monoisotopic (exact) mass is 405 g/mol. The quantitative estimate of drug-likeness (QED) is 0.524. The lowest BCUT2D eigenvalue weighted by Crippen LogP contribution is -2.45. The lowest BCUT2D eigenvalue weighted by Gasteiger charge is -2.27. The van der Waals surface area contributed by atoms with E-state index in [0.29, 0.717) is 29.9 Å². The van der Waals surface area contributed by atoms with Crippen molar-refractivity contribution in [2.45, 2.75) is 39.3 Å². The maximum atomic E-state index is 13.2. The minimum absolute atomic E-state index is 0.252. The SMILES string of the molecule is CCn1nc2c(N)nc3ccccc3c2c1CC(C)(C)NC(=O)c1ccc(F)cc1. The predicted molar refractivity (Wildman–Crippen MR) is 117 cm³/mol. The van der Waals surface area contributed by atoms with Crippen LogP contribution in [0, 0.1) is 5.82 Å². The molecule has 2 aromatic heterocycles. The van der Waals surface area contributed by atoms with Crippen molar-refractivity contribution in [1.82, 2.24) is 20.1 Å². The molecule has 6 nitrogen and oxygen atoms in total. The van der Waals surface area contributed by atoms with Crippen molar-refractivity contribution >= 4 is 33.5 Å². The number of aromatic nitrogens is 3. The Labute approximate surface area is 173 Å². The molecule has 3 N–H and O–H groups in total. The first-order chi connectivity index (χ1) is 14.3. The van der Waals surface area contributed by atoms with Crippen LogP contribution in [0.25, 0.3) is 21.8 Å². The van der Waals surface area contributed by atoms with Crippen molar-refractivity contribution in [2.24, 2.45) is 0 Å². The topological polar surface area (TPSA) is 85.8 Å². The van der Waals surface area contributed by atoms with E-state index in [1.807, 2.05) is 49.7 Å². The number of amides is 1. The van der Waals surface area contributed by atoms with E-state index in [0.717, 1.165) is 22.0 Å². The van der Waals surface area contributed by atoms with E-state index in [4.69, 9.17) is 5.73 Å². The van der Waals surface area contributed by atoms with Gasteiger partial charge in [0.2, 0.25) is 0 Å². The summed E-state index contributed by atoms with van der Waals surface area (Å²) in [4.78, 5) is 17.2. The fourth-order valence-corrected chi connectivity index (χ4v) is 3.81. The molecule has 0 atom stereocenters. The van der Waals surface area contributed by atoms with Gasteiger partial charge in [0.15, 0.2) is 5.82 Å². The highest BCUT2D eigenvalue weighted by Crippen LogP contribution is 2.32. The fraction of sp³-hybridized carbons (Fsp3) is 0.261. The lowest BCUT2D eigenvalue weighted by atomic mass is 9.94. The molecular formula is C23H24FN5O. The van der Waals surface area contributed by atoms with Crippen molar-refractivity contribution in [1.29, 1.82) is 0 Å². The summed E-state index contributed by atoms with van der Waals surface area (Å²) in [5, 5.41) is 9.69. The van der Waals surface area contributed by atoms with Crippen LogP contribution in [0.5, 0.6) is 0 Å². The molecule has 2 aromatic carbocycles. The Kier molecular flexibility index (Phi) is 4.89. The molecule has 0 radical (unpaired) electrons. The zero-order valence-electron chi connectivity index (χ0n) is 17.2. The maximum absolute atomic E-state index is 13.2. The third-order valence-electron chi connectivity index (χ3n) is 5.18. The van der Waals surface area contributed by atoms with Gasteiger partial charge >= 0.3 is 0 Å². The van der Waals surface area contributed by atoms with Gasteiger partial charge in [0.25, 0.3) is 5.91 Å².